The van der Waals surface area contributed by atoms with Gasteiger partial charge in [-0.15, -0.1) is 0 Å². The minimum Gasteiger partial charge on any atom is -0.497 e. The minimum atomic E-state index is -0.405. The number of nitro groups is 1. The lowest BCUT2D eigenvalue weighted by atomic mass is 10.2. The molecular weight excluding hydrogens is 338 g/mol. The molecule has 2 aromatic rings. The van der Waals surface area contributed by atoms with E-state index in [2.05, 4.69) is 15.9 Å². The molecule has 110 valence electrons. The first kappa shape index (κ1) is 15.3. The average Bonchev–Trinajstić information content (AvgIpc) is 2.52. The Morgan fingerprint density at radius 2 is 1.95 bits per heavy atom. The van der Waals surface area contributed by atoms with Crippen LogP contribution in [0.15, 0.2) is 42.5 Å². The molecular formula is C15H14BrNO4. The van der Waals surface area contributed by atoms with Crippen LogP contribution in [0.5, 0.6) is 11.5 Å². The van der Waals surface area contributed by atoms with Crippen molar-refractivity contribution in [1.82, 2.24) is 0 Å². The van der Waals surface area contributed by atoms with Crippen LogP contribution in [0.1, 0.15) is 11.1 Å². The van der Waals surface area contributed by atoms with Crippen molar-refractivity contribution in [3.8, 4) is 11.5 Å². The van der Waals surface area contributed by atoms with Crippen LogP contribution in [-0.4, -0.2) is 12.0 Å². The van der Waals surface area contributed by atoms with Crippen LogP contribution in [0.3, 0.4) is 0 Å². The smallest absolute Gasteiger partial charge is 0.276 e. The fourth-order valence-corrected chi connectivity index (χ4v) is 2.33. The summed E-state index contributed by atoms with van der Waals surface area (Å²) in [5.74, 6) is 1.41. The molecule has 6 heteroatoms. The topological polar surface area (TPSA) is 61.6 Å². The zero-order valence-electron chi connectivity index (χ0n) is 11.4. The van der Waals surface area contributed by atoms with Gasteiger partial charge in [-0.1, -0.05) is 28.1 Å². The first-order valence-corrected chi connectivity index (χ1v) is 7.36. The van der Waals surface area contributed by atoms with Crippen molar-refractivity contribution >= 4 is 21.6 Å². The summed E-state index contributed by atoms with van der Waals surface area (Å²) in [6.07, 6.45) is 0. The van der Waals surface area contributed by atoms with Gasteiger partial charge >= 0.3 is 0 Å². The van der Waals surface area contributed by atoms with E-state index in [1.807, 2.05) is 6.07 Å². The lowest BCUT2D eigenvalue weighted by molar-refractivity contribution is -0.385. The predicted octanol–water partition coefficient (Wildman–Crippen LogP) is 4.08. The molecule has 0 saturated carbocycles. The molecule has 2 aromatic carbocycles. The predicted molar refractivity (Wildman–Crippen MR) is 83.1 cm³/mol. The normalized spacial score (nSPS) is 10.2. The van der Waals surface area contributed by atoms with E-state index in [1.165, 1.54) is 6.07 Å². The molecule has 0 atom stereocenters. The number of halogens is 1. The Bertz CT molecular complexity index is 645. The number of hydrogen-bond acceptors (Lipinski definition) is 4. The summed E-state index contributed by atoms with van der Waals surface area (Å²) < 4.78 is 10.9. The number of benzene rings is 2. The van der Waals surface area contributed by atoms with Crippen LogP contribution in [0.25, 0.3) is 0 Å². The SMILES string of the molecule is COc1ccc(OCc2ccccc2[N+](=O)[O-])c(CBr)c1. The lowest BCUT2D eigenvalue weighted by Crippen LogP contribution is -2.02. The lowest BCUT2D eigenvalue weighted by Gasteiger charge is -2.11. The van der Waals surface area contributed by atoms with Crippen molar-refractivity contribution < 1.29 is 14.4 Å². The minimum absolute atomic E-state index is 0.0615. The molecule has 0 unspecified atom stereocenters. The summed E-state index contributed by atoms with van der Waals surface area (Å²) in [7, 11) is 1.60. The van der Waals surface area contributed by atoms with Gasteiger partial charge in [0.15, 0.2) is 0 Å². The highest BCUT2D eigenvalue weighted by Gasteiger charge is 2.13. The number of hydrogen-bond donors (Lipinski definition) is 0. The van der Waals surface area contributed by atoms with Gasteiger partial charge in [-0.25, -0.2) is 0 Å². The molecule has 5 nitrogen and oxygen atoms in total. The Kier molecular flexibility index (Phi) is 5.16. The van der Waals surface area contributed by atoms with Crippen molar-refractivity contribution in [3.05, 3.63) is 63.7 Å². The Morgan fingerprint density at radius 1 is 1.19 bits per heavy atom. The number of alkyl halides is 1. The summed E-state index contributed by atoms with van der Waals surface area (Å²) >= 11 is 3.39. The van der Waals surface area contributed by atoms with Crippen LogP contribution >= 0.6 is 15.9 Å². The molecule has 0 spiro atoms. The van der Waals surface area contributed by atoms with Crippen LogP contribution in [-0.2, 0) is 11.9 Å². The number of methoxy groups -OCH3 is 1. The zero-order valence-corrected chi connectivity index (χ0v) is 13.0. The van der Waals surface area contributed by atoms with E-state index in [0.717, 1.165) is 11.3 Å². The number of rotatable bonds is 6. The highest BCUT2D eigenvalue weighted by Crippen LogP contribution is 2.28. The maximum Gasteiger partial charge on any atom is 0.276 e. The standard InChI is InChI=1S/C15H14BrNO4/c1-20-13-6-7-15(12(8-13)9-16)21-10-11-4-2-3-5-14(11)17(18)19/h2-8H,9-10H2,1H3. The fraction of sp³-hybridized carbons (Fsp3) is 0.200. The monoisotopic (exact) mass is 351 g/mol. The third kappa shape index (κ3) is 3.72. The zero-order chi connectivity index (χ0) is 15.2. The fourth-order valence-electron chi connectivity index (χ4n) is 1.89. The maximum absolute atomic E-state index is 11.0. The van der Waals surface area contributed by atoms with Crippen molar-refractivity contribution in [1.29, 1.82) is 0 Å². The van der Waals surface area contributed by atoms with Gasteiger partial charge in [-0.2, -0.15) is 0 Å². The highest BCUT2D eigenvalue weighted by molar-refractivity contribution is 9.08. The second-order valence-electron chi connectivity index (χ2n) is 4.28. The van der Waals surface area contributed by atoms with Crippen LogP contribution in [0.2, 0.25) is 0 Å². The van der Waals surface area contributed by atoms with Crippen LogP contribution in [0, 0.1) is 10.1 Å². The van der Waals surface area contributed by atoms with Crippen LogP contribution < -0.4 is 9.47 Å². The van der Waals surface area contributed by atoms with Gasteiger partial charge in [-0.3, -0.25) is 10.1 Å². The molecule has 0 radical (unpaired) electrons. The molecule has 0 N–H and O–H groups in total. The number of nitrogens with zero attached hydrogens (tertiary/aromatic N) is 1. The second-order valence-corrected chi connectivity index (χ2v) is 4.84. The Morgan fingerprint density at radius 3 is 2.62 bits per heavy atom. The summed E-state index contributed by atoms with van der Waals surface area (Å²) in [5, 5.41) is 11.6. The Hall–Kier alpha value is -2.08. The van der Waals surface area contributed by atoms with Gasteiger partial charge in [0, 0.05) is 17.0 Å². The van der Waals surface area contributed by atoms with Crippen LogP contribution in [0.4, 0.5) is 5.69 Å². The van der Waals surface area contributed by atoms with Crippen molar-refractivity contribution in [2.45, 2.75) is 11.9 Å². The van der Waals surface area contributed by atoms with Crippen molar-refractivity contribution in [3.63, 3.8) is 0 Å². The number of nitro benzene ring substituents is 1. The molecule has 0 bridgehead atoms. The third-order valence-corrected chi connectivity index (χ3v) is 3.59. The molecule has 0 aromatic heterocycles. The van der Waals surface area contributed by atoms with Crippen molar-refractivity contribution in [2.75, 3.05) is 7.11 Å². The van der Waals surface area contributed by atoms with E-state index in [4.69, 9.17) is 9.47 Å². The van der Waals surface area contributed by atoms with Crippen molar-refractivity contribution in [2.24, 2.45) is 0 Å². The van der Waals surface area contributed by atoms with E-state index >= 15 is 0 Å². The summed E-state index contributed by atoms with van der Waals surface area (Å²) in [6, 6.07) is 12.0. The molecule has 0 fully saturated rings. The van der Waals surface area contributed by atoms with Gasteiger partial charge in [0.1, 0.15) is 18.1 Å². The molecule has 0 aliphatic heterocycles. The molecule has 2 rings (SSSR count). The second kappa shape index (κ2) is 7.08. The van der Waals surface area contributed by atoms with E-state index in [0.29, 0.717) is 16.6 Å². The van der Waals surface area contributed by atoms with E-state index < -0.39 is 4.92 Å². The third-order valence-electron chi connectivity index (χ3n) is 2.98. The first-order chi connectivity index (χ1) is 10.2. The first-order valence-electron chi connectivity index (χ1n) is 6.23. The average molecular weight is 352 g/mol. The Labute approximate surface area is 130 Å². The molecule has 21 heavy (non-hydrogen) atoms. The largest absolute Gasteiger partial charge is 0.497 e. The summed E-state index contributed by atoms with van der Waals surface area (Å²) in [4.78, 5) is 10.6. The van der Waals surface area contributed by atoms with Gasteiger partial charge in [0.2, 0.25) is 0 Å². The van der Waals surface area contributed by atoms with Gasteiger partial charge in [0.25, 0.3) is 5.69 Å². The molecule has 0 aliphatic rings. The van der Waals surface area contributed by atoms with Gasteiger partial charge in [-0.05, 0) is 24.3 Å². The van der Waals surface area contributed by atoms with E-state index in [-0.39, 0.29) is 12.3 Å². The maximum atomic E-state index is 11.0. The van der Waals surface area contributed by atoms with Gasteiger partial charge in [0.05, 0.1) is 17.6 Å². The Balaban J connectivity index is 2.19. The van der Waals surface area contributed by atoms with E-state index in [9.17, 15) is 10.1 Å². The van der Waals surface area contributed by atoms with Gasteiger partial charge < -0.3 is 9.47 Å². The number of ether oxygens (including phenoxy) is 2. The highest BCUT2D eigenvalue weighted by atomic mass is 79.9. The molecule has 0 aliphatic carbocycles. The molecule has 0 saturated heterocycles. The summed E-state index contributed by atoms with van der Waals surface area (Å²) in [5.41, 5.74) is 1.53. The van der Waals surface area contributed by atoms with E-state index in [1.54, 1.807) is 37.4 Å². The molecule has 0 heterocycles. The quantitative estimate of drug-likeness (QED) is 0.447. The molecule has 0 amide bonds. The number of para-hydroxylation sites is 1. The summed E-state index contributed by atoms with van der Waals surface area (Å²) in [6.45, 7) is 0.142.